The largest absolute Gasteiger partial charge is 0.399 e. The van der Waals surface area contributed by atoms with Crippen molar-refractivity contribution in [2.24, 2.45) is 5.92 Å². The van der Waals surface area contributed by atoms with Crippen molar-refractivity contribution in [2.75, 3.05) is 18.8 Å². The molecule has 0 saturated carbocycles. The van der Waals surface area contributed by atoms with Crippen LogP contribution in [-0.4, -0.2) is 29.9 Å². The molecule has 1 aliphatic rings. The SMILES string of the molecule is CC(NC(=O)CCc1ccccc1N)C1CCN(Cc2ccccc2)C1. The van der Waals surface area contributed by atoms with Gasteiger partial charge in [-0.25, -0.2) is 0 Å². The number of rotatable bonds is 7. The van der Waals surface area contributed by atoms with Gasteiger partial charge < -0.3 is 11.1 Å². The van der Waals surface area contributed by atoms with Crippen LogP contribution in [0.2, 0.25) is 0 Å². The highest BCUT2D eigenvalue weighted by molar-refractivity contribution is 5.76. The van der Waals surface area contributed by atoms with Crippen molar-refractivity contribution in [3.8, 4) is 0 Å². The quantitative estimate of drug-likeness (QED) is 0.753. The summed E-state index contributed by atoms with van der Waals surface area (Å²) in [5.74, 6) is 0.631. The van der Waals surface area contributed by atoms with E-state index in [0.717, 1.165) is 37.3 Å². The monoisotopic (exact) mass is 351 g/mol. The topological polar surface area (TPSA) is 58.4 Å². The average Bonchev–Trinajstić information content (AvgIpc) is 3.10. The number of nitrogen functional groups attached to an aromatic ring is 1. The van der Waals surface area contributed by atoms with Gasteiger partial charge in [-0.1, -0.05) is 48.5 Å². The summed E-state index contributed by atoms with van der Waals surface area (Å²) in [6.07, 6.45) is 2.31. The zero-order chi connectivity index (χ0) is 18.4. The van der Waals surface area contributed by atoms with E-state index in [0.29, 0.717) is 18.8 Å². The molecule has 2 atom stereocenters. The van der Waals surface area contributed by atoms with Gasteiger partial charge in [-0.15, -0.1) is 0 Å². The first-order valence-electron chi connectivity index (χ1n) is 9.51. The van der Waals surface area contributed by atoms with E-state index in [1.807, 2.05) is 24.3 Å². The van der Waals surface area contributed by atoms with Crippen LogP contribution in [0.4, 0.5) is 5.69 Å². The highest BCUT2D eigenvalue weighted by Gasteiger charge is 2.27. The molecule has 0 bridgehead atoms. The van der Waals surface area contributed by atoms with E-state index in [1.165, 1.54) is 5.56 Å². The van der Waals surface area contributed by atoms with Gasteiger partial charge in [0.25, 0.3) is 0 Å². The van der Waals surface area contributed by atoms with Crippen LogP contribution in [0.25, 0.3) is 0 Å². The number of likely N-dealkylation sites (tertiary alicyclic amines) is 1. The molecule has 2 unspecified atom stereocenters. The second kappa shape index (κ2) is 8.86. The third-order valence-corrected chi connectivity index (χ3v) is 5.33. The molecule has 1 aliphatic heterocycles. The van der Waals surface area contributed by atoms with Crippen LogP contribution >= 0.6 is 0 Å². The second-order valence-electron chi connectivity index (χ2n) is 7.32. The second-order valence-corrected chi connectivity index (χ2v) is 7.32. The van der Waals surface area contributed by atoms with E-state index in [4.69, 9.17) is 5.73 Å². The van der Waals surface area contributed by atoms with Crippen molar-refractivity contribution >= 4 is 11.6 Å². The normalized spacial score (nSPS) is 18.6. The number of aryl methyl sites for hydroxylation is 1. The molecule has 0 aromatic heterocycles. The fourth-order valence-electron chi connectivity index (χ4n) is 3.71. The number of carbonyl (C=O) groups excluding carboxylic acids is 1. The highest BCUT2D eigenvalue weighted by atomic mass is 16.1. The zero-order valence-electron chi connectivity index (χ0n) is 15.5. The molecule has 4 nitrogen and oxygen atoms in total. The fraction of sp³-hybridized carbons (Fsp3) is 0.409. The number of benzene rings is 2. The van der Waals surface area contributed by atoms with E-state index in [-0.39, 0.29) is 11.9 Å². The summed E-state index contributed by atoms with van der Waals surface area (Å²) in [5, 5.41) is 3.19. The lowest BCUT2D eigenvalue weighted by molar-refractivity contribution is -0.122. The molecule has 0 spiro atoms. The Bertz CT molecular complexity index is 716. The lowest BCUT2D eigenvalue weighted by Crippen LogP contribution is -2.39. The molecule has 2 aromatic carbocycles. The minimum Gasteiger partial charge on any atom is -0.399 e. The molecule has 1 heterocycles. The number of para-hydroxylation sites is 1. The first-order valence-corrected chi connectivity index (χ1v) is 9.51. The summed E-state index contributed by atoms with van der Waals surface area (Å²) < 4.78 is 0. The summed E-state index contributed by atoms with van der Waals surface area (Å²) >= 11 is 0. The fourth-order valence-corrected chi connectivity index (χ4v) is 3.71. The summed E-state index contributed by atoms with van der Waals surface area (Å²) in [5.41, 5.74) is 9.11. The minimum atomic E-state index is 0.113. The Morgan fingerprint density at radius 2 is 1.92 bits per heavy atom. The molecule has 1 amide bonds. The maximum absolute atomic E-state index is 12.3. The summed E-state index contributed by atoms with van der Waals surface area (Å²) in [7, 11) is 0. The van der Waals surface area contributed by atoms with Crippen LogP contribution in [0.5, 0.6) is 0 Å². The van der Waals surface area contributed by atoms with E-state index < -0.39 is 0 Å². The van der Waals surface area contributed by atoms with Crippen molar-refractivity contribution in [3.05, 3.63) is 65.7 Å². The Kier molecular flexibility index (Phi) is 6.29. The summed E-state index contributed by atoms with van der Waals surface area (Å²) in [6.45, 7) is 5.26. The smallest absolute Gasteiger partial charge is 0.220 e. The van der Waals surface area contributed by atoms with Gasteiger partial charge in [0, 0.05) is 31.2 Å². The molecule has 26 heavy (non-hydrogen) atoms. The lowest BCUT2D eigenvalue weighted by Gasteiger charge is -2.22. The number of anilines is 1. The molecule has 1 saturated heterocycles. The summed E-state index contributed by atoms with van der Waals surface area (Å²) in [6, 6.07) is 18.5. The number of nitrogens with zero attached hydrogens (tertiary/aromatic N) is 1. The Morgan fingerprint density at radius 3 is 2.69 bits per heavy atom. The number of carbonyl (C=O) groups is 1. The van der Waals surface area contributed by atoms with Crippen LogP contribution in [-0.2, 0) is 17.8 Å². The molecule has 1 fully saturated rings. The first kappa shape index (κ1) is 18.5. The van der Waals surface area contributed by atoms with Gasteiger partial charge >= 0.3 is 0 Å². The first-order chi connectivity index (χ1) is 12.6. The Labute approximate surface area is 156 Å². The Morgan fingerprint density at radius 1 is 1.19 bits per heavy atom. The third-order valence-electron chi connectivity index (χ3n) is 5.33. The van der Waals surface area contributed by atoms with Crippen LogP contribution in [0.1, 0.15) is 30.9 Å². The zero-order valence-corrected chi connectivity index (χ0v) is 15.5. The molecule has 138 valence electrons. The summed E-state index contributed by atoms with van der Waals surface area (Å²) in [4.78, 5) is 14.8. The third kappa shape index (κ3) is 5.09. The molecule has 2 aromatic rings. The lowest BCUT2D eigenvalue weighted by atomic mass is 10.00. The number of nitrogens with two attached hydrogens (primary N) is 1. The van der Waals surface area contributed by atoms with E-state index in [1.54, 1.807) is 0 Å². The molecule has 0 radical (unpaired) electrons. The predicted octanol–water partition coefficient (Wildman–Crippen LogP) is 3.23. The van der Waals surface area contributed by atoms with Crippen LogP contribution < -0.4 is 11.1 Å². The van der Waals surface area contributed by atoms with E-state index in [2.05, 4.69) is 47.5 Å². The molecule has 4 heteroatoms. The van der Waals surface area contributed by atoms with Crippen molar-refractivity contribution in [1.29, 1.82) is 0 Å². The van der Waals surface area contributed by atoms with E-state index in [9.17, 15) is 4.79 Å². The minimum absolute atomic E-state index is 0.113. The highest BCUT2D eigenvalue weighted by Crippen LogP contribution is 2.22. The van der Waals surface area contributed by atoms with Gasteiger partial charge in [-0.2, -0.15) is 0 Å². The molecule has 0 aliphatic carbocycles. The van der Waals surface area contributed by atoms with Gasteiger partial charge in [0.05, 0.1) is 0 Å². The van der Waals surface area contributed by atoms with Crippen LogP contribution in [0.3, 0.4) is 0 Å². The standard InChI is InChI=1S/C22H29N3O/c1-17(24-22(26)12-11-19-9-5-6-10-21(19)23)20-13-14-25(16-20)15-18-7-3-2-4-8-18/h2-10,17,20H,11-16,23H2,1H3,(H,24,26). The number of nitrogens with one attached hydrogen (secondary N) is 1. The van der Waals surface area contributed by atoms with Crippen molar-refractivity contribution in [3.63, 3.8) is 0 Å². The van der Waals surface area contributed by atoms with Crippen LogP contribution in [0, 0.1) is 5.92 Å². The Hall–Kier alpha value is -2.33. The van der Waals surface area contributed by atoms with Gasteiger partial charge in [0.15, 0.2) is 0 Å². The molecule has 3 N–H and O–H groups in total. The van der Waals surface area contributed by atoms with Crippen molar-refractivity contribution < 1.29 is 4.79 Å². The van der Waals surface area contributed by atoms with Crippen molar-refractivity contribution in [1.82, 2.24) is 10.2 Å². The van der Waals surface area contributed by atoms with Crippen molar-refractivity contribution in [2.45, 2.75) is 38.8 Å². The number of hydrogen-bond donors (Lipinski definition) is 2. The van der Waals surface area contributed by atoms with Gasteiger partial charge in [0.1, 0.15) is 0 Å². The van der Waals surface area contributed by atoms with Gasteiger partial charge in [-0.3, -0.25) is 9.69 Å². The number of hydrogen-bond acceptors (Lipinski definition) is 3. The number of amides is 1. The molecular weight excluding hydrogens is 322 g/mol. The predicted molar refractivity (Wildman–Crippen MR) is 107 cm³/mol. The van der Waals surface area contributed by atoms with Gasteiger partial charge in [-0.05, 0) is 49.4 Å². The molecule has 3 rings (SSSR count). The maximum Gasteiger partial charge on any atom is 0.220 e. The van der Waals surface area contributed by atoms with E-state index >= 15 is 0 Å². The van der Waals surface area contributed by atoms with Crippen LogP contribution in [0.15, 0.2) is 54.6 Å². The Balaban J connectivity index is 1.42. The average molecular weight is 351 g/mol. The molecular formula is C22H29N3O. The van der Waals surface area contributed by atoms with Gasteiger partial charge in [0.2, 0.25) is 5.91 Å². The maximum atomic E-state index is 12.3.